The third kappa shape index (κ3) is 16.1. The maximum atomic E-state index is 7.12. The first-order valence-corrected chi connectivity index (χ1v) is 29.2. The van der Waals surface area contributed by atoms with Crippen LogP contribution in [0.1, 0.15) is 196 Å². The highest BCUT2D eigenvalue weighted by Gasteiger charge is 2.72. The lowest BCUT2D eigenvalue weighted by Crippen LogP contribution is -2.39. The second-order valence-electron chi connectivity index (χ2n) is 19.3. The monoisotopic (exact) mass is 930 g/mol. The molecule has 0 bridgehead atoms. The molecule has 3 aromatic rings. The molecule has 1 aliphatic heterocycles. The zero-order chi connectivity index (χ0) is 46.0. The highest BCUT2D eigenvalue weighted by molar-refractivity contribution is 7.88. The van der Waals surface area contributed by atoms with Gasteiger partial charge in [-0.15, -0.1) is 0 Å². The summed E-state index contributed by atoms with van der Waals surface area (Å²) in [6.45, 7) is 28.1. The van der Waals surface area contributed by atoms with Crippen molar-refractivity contribution in [3.05, 3.63) is 89.5 Å². The van der Waals surface area contributed by atoms with Gasteiger partial charge >= 0.3 is 23.7 Å². The lowest BCUT2D eigenvalue weighted by molar-refractivity contribution is 0.256. The maximum absolute atomic E-state index is 7.12. The number of nitrogens with zero attached hydrogens (tertiary/aromatic N) is 1. The molecule has 0 spiro atoms. The van der Waals surface area contributed by atoms with Crippen LogP contribution in [-0.4, -0.2) is 19.8 Å². The first-order valence-electron chi connectivity index (χ1n) is 24.4. The van der Waals surface area contributed by atoms with Crippen LogP contribution >= 0.6 is 23.7 Å². The molecule has 0 amide bonds. The average Bonchev–Trinajstić information content (AvgIpc) is 3.25. The number of benzene rings is 3. The van der Waals surface area contributed by atoms with Crippen molar-refractivity contribution in [3.8, 4) is 17.2 Å². The largest absolute Gasteiger partial charge is 0.571 e. The van der Waals surface area contributed by atoms with E-state index in [4.69, 9.17) is 31.7 Å². The van der Waals surface area contributed by atoms with Crippen LogP contribution in [0.3, 0.4) is 0 Å². The van der Waals surface area contributed by atoms with Gasteiger partial charge in [0.25, 0.3) is 0 Å². The summed E-state index contributed by atoms with van der Waals surface area (Å²) < 4.78 is 47.4. The molecular weight excluding hydrogens is 843 g/mol. The summed E-state index contributed by atoms with van der Waals surface area (Å²) in [5.74, 6) is 1.93. The Morgan fingerprint density at radius 3 is 1.29 bits per heavy atom. The van der Waals surface area contributed by atoms with Crippen LogP contribution in [-0.2, 0) is 29.8 Å². The van der Waals surface area contributed by atoms with E-state index in [0.29, 0.717) is 37.1 Å². The smallest absolute Gasteiger partial charge is 0.423 e. The molecule has 0 aromatic heterocycles. The van der Waals surface area contributed by atoms with Crippen LogP contribution in [0.25, 0.3) is 0 Å². The number of unbranched alkanes of at least 4 members (excludes halogenated alkanes) is 6. The van der Waals surface area contributed by atoms with Crippen molar-refractivity contribution in [1.82, 2.24) is 9.72 Å². The van der Waals surface area contributed by atoms with Gasteiger partial charge in [0.15, 0.2) is 11.5 Å². The van der Waals surface area contributed by atoms with Crippen LogP contribution in [0.2, 0.25) is 0 Å². The minimum Gasteiger partial charge on any atom is -0.423 e. The van der Waals surface area contributed by atoms with Crippen molar-refractivity contribution in [2.45, 2.75) is 196 Å². The van der Waals surface area contributed by atoms with Crippen LogP contribution in [0.5, 0.6) is 17.2 Å². The SMILES string of the molecule is CCCCCC(C)(C)c1ccc(OP2(OCCC)=N[P+](OCCC)(Oc3ccc(C(C)(C)CCCCC)cc3)N[P+](OCCC)(Oc3ccc(C(C)(C)CCCCC)cc3)N2)cc1. The van der Waals surface area contributed by atoms with Gasteiger partial charge in [0.1, 0.15) is 5.75 Å². The number of hydrogen-bond donors (Lipinski definition) is 2. The summed E-state index contributed by atoms with van der Waals surface area (Å²) in [7, 11) is -10.4. The molecule has 0 fully saturated rings. The molecule has 3 atom stereocenters. The highest BCUT2D eigenvalue weighted by Crippen LogP contribution is 2.81. The average molecular weight is 930 g/mol. The molecule has 63 heavy (non-hydrogen) atoms. The van der Waals surface area contributed by atoms with Crippen molar-refractivity contribution < 1.29 is 27.1 Å². The van der Waals surface area contributed by atoms with Crippen molar-refractivity contribution in [1.29, 1.82) is 0 Å². The second-order valence-corrected chi connectivity index (χ2v) is 26.1. The molecule has 4 rings (SSSR count). The van der Waals surface area contributed by atoms with Crippen molar-refractivity contribution in [2.75, 3.05) is 19.8 Å². The van der Waals surface area contributed by atoms with Crippen molar-refractivity contribution >= 4 is 23.7 Å². The minimum absolute atomic E-state index is 0.0300. The van der Waals surface area contributed by atoms with E-state index in [1.165, 1.54) is 74.5 Å². The fourth-order valence-corrected chi connectivity index (χ4v) is 18.3. The van der Waals surface area contributed by atoms with Gasteiger partial charge in [-0.3, -0.25) is 13.6 Å². The first kappa shape index (κ1) is 53.6. The fraction of sp³-hybridized carbons (Fsp3) is 0.647. The topological polar surface area (TPSA) is 91.8 Å². The molecule has 3 aromatic carbocycles. The number of hydrogen-bond acceptors (Lipinski definition) is 9. The van der Waals surface area contributed by atoms with E-state index in [-0.39, 0.29) is 16.2 Å². The zero-order valence-corrected chi connectivity index (χ0v) is 44.1. The first-order chi connectivity index (χ1) is 30.0. The maximum Gasteiger partial charge on any atom is 0.571 e. The van der Waals surface area contributed by atoms with E-state index < -0.39 is 23.7 Å². The van der Waals surface area contributed by atoms with Gasteiger partial charge in [-0.05, 0) is 113 Å². The normalized spacial score (nSPS) is 20.6. The summed E-state index contributed by atoms with van der Waals surface area (Å²) in [6, 6.07) is 25.3. The fourth-order valence-electron chi connectivity index (χ4n) is 7.78. The highest BCUT2D eigenvalue weighted by atomic mass is 31.3. The van der Waals surface area contributed by atoms with Gasteiger partial charge in [0.2, 0.25) is 0 Å². The van der Waals surface area contributed by atoms with E-state index >= 15 is 0 Å². The van der Waals surface area contributed by atoms with Gasteiger partial charge in [-0.25, -0.2) is 0 Å². The van der Waals surface area contributed by atoms with E-state index in [9.17, 15) is 0 Å². The van der Waals surface area contributed by atoms with Crippen LogP contribution < -0.4 is 23.3 Å². The predicted molar refractivity (Wildman–Crippen MR) is 271 cm³/mol. The Morgan fingerprint density at radius 1 is 0.476 bits per heavy atom. The summed E-state index contributed by atoms with van der Waals surface area (Å²) >= 11 is 0. The molecule has 12 heteroatoms. The second kappa shape index (κ2) is 25.2. The quantitative estimate of drug-likeness (QED) is 0.0505. The molecule has 1 heterocycles. The molecule has 0 aliphatic carbocycles. The van der Waals surface area contributed by atoms with Gasteiger partial charge < -0.3 is 4.52 Å². The van der Waals surface area contributed by atoms with E-state index in [0.717, 1.165) is 38.5 Å². The summed E-state index contributed by atoms with van der Waals surface area (Å²) in [6.07, 6.45) is 16.5. The Morgan fingerprint density at radius 2 is 0.873 bits per heavy atom. The lowest BCUT2D eigenvalue weighted by atomic mass is 9.80. The molecule has 1 aliphatic rings. The van der Waals surface area contributed by atoms with Crippen LogP contribution in [0, 0.1) is 0 Å². The Labute approximate surface area is 385 Å². The Hall–Kier alpha value is -2.05. The molecule has 354 valence electrons. The predicted octanol–water partition coefficient (Wildman–Crippen LogP) is 17.6. The van der Waals surface area contributed by atoms with E-state index in [1.807, 2.05) is 36.4 Å². The van der Waals surface area contributed by atoms with Gasteiger partial charge in [0.05, 0.1) is 24.7 Å². The Bertz CT molecular complexity index is 1820. The summed E-state index contributed by atoms with van der Waals surface area (Å²) in [5.41, 5.74) is 3.90. The van der Waals surface area contributed by atoms with Gasteiger partial charge in [-0.2, -0.15) is 9.05 Å². The van der Waals surface area contributed by atoms with Crippen LogP contribution in [0.15, 0.2) is 77.3 Å². The molecule has 3 unspecified atom stereocenters. The van der Waals surface area contributed by atoms with Crippen LogP contribution in [0.4, 0.5) is 0 Å². The summed E-state index contributed by atoms with van der Waals surface area (Å²) in [4.78, 5) is 7.40. The van der Waals surface area contributed by atoms with Crippen molar-refractivity contribution in [2.24, 2.45) is 4.52 Å². The third-order valence-electron chi connectivity index (χ3n) is 12.0. The molecule has 0 radical (unpaired) electrons. The lowest BCUT2D eigenvalue weighted by Gasteiger charge is -2.34. The minimum atomic E-state index is -3.50. The van der Waals surface area contributed by atoms with E-state index in [2.05, 4.69) is 129 Å². The zero-order valence-electron chi connectivity index (χ0n) is 41.4. The molecule has 0 saturated heterocycles. The molecule has 0 saturated carbocycles. The molecular formula is C51H86N3O6P3+2. The van der Waals surface area contributed by atoms with Crippen molar-refractivity contribution in [3.63, 3.8) is 0 Å². The Balaban J connectivity index is 1.86. The molecule has 2 N–H and O–H groups in total. The van der Waals surface area contributed by atoms with Gasteiger partial charge in [-0.1, -0.05) is 177 Å². The number of rotatable bonds is 30. The van der Waals surface area contributed by atoms with Gasteiger partial charge in [0, 0.05) is 4.52 Å². The third-order valence-corrected chi connectivity index (χ3v) is 21.0. The molecule has 9 nitrogen and oxygen atoms in total. The summed E-state index contributed by atoms with van der Waals surface area (Å²) in [5, 5.41) is 0. The van der Waals surface area contributed by atoms with E-state index in [1.54, 1.807) is 0 Å². The standard InChI is InChI=1S/C51H86N3O6P3/c1-13-19-22-37-49(7,8)43-25-31-46(32-26-43)58-61(55-40-16-4)52-62(56-41-17-5,59-47-33-27-44(28-34-47)50(9,10)38-23-20-14-2)54-63(53-61,57-42-18-6)60-48-35-29-45(30-36-48)51(11,12)39-24-21-15-3/h25-36,52-53H,13-24,37-42H2,1-12H3/q+2. The Kier molecular flexibility index (Phi) is 21.4. The number of nitrogens with one attached hydrogen (secondary N) is 2.